The van der Waals surface area contributed by atoms with E-state index in [1.807, 2.05) is 0 Å². The Morgan fingerprint density at radius 3 is 2.23 bits per heavy atom. The van der Waals surface area contributed by atoms with Gasteiger partial charge in [-0.05, 0) is 114 Å². The van der Waals surface area contributed by atoms with Crippen LogP contribution in [0.25, 0.3) is 0 Å². The number of hydrogen-bond acceptors (Lipinski definition) is 9. The second kappa shape index (κ2) is 13.3. The molecule has 6 rings (SSSR count). The van der Waals surface area contributed by atoms with Crippen molar-refractivity contribution in [1.82, 2.24) is 5.32 Å². The Kier molecular flexibility index (Phi) is 10.2. The maximum absolute atomic E-state index is 13.1. The van der Waals surface area contributed by atoms with Gasteiger partial charge in [-0.25, -0.2) is 4.79 Å². The van der Waals surface area contributed by atoms with Crippen molar-refractivity contribution in [2.45, 2.75) is 168 Å². The molecule has 0 aromatic heterocycles. The molecule has 1 amide bonds. The normalized spacial score (nSPS) is 49.6. The molecule has 52 heavy (non-hydrogen) atoms. The van der Waals surface area contributed by atoms with Crippen molar-refractivity contribution in [3.63, 3.8) is 0 Å². The van der Waals surface area contributed by atoms with E-state index in [1.54, 1.807) is 5.57 Å². The minimum absolute atomic E-state index is 0.0416. The van der Waals surface area contributed by atoms with Gasteiger partial charge in [0, 0.05) is 20.0 Å². The molecule has 11 nitrogen and oxygen atoms in total. The highest BCUT2D eigenvalue weighted by Gasteiger charge is 2.69. The summed E-state index contributed by atoms with van der Waals surface area (Å²) in [6.45, 7) is 17.2. The van der Waals surface area contributed by atoms with Gasteiger partial charge in [-0.1, -0.05) is 60.1 Å². The molecule has 0 bridgehead atoms. The van der Waals surface area contributed by atoms with Gasteiger partial charge in [0.2, 0.25) is 5.91 Å². The molecule has 7 N–H and O–H groups in total. The van der Waals surface area contributed by atoms with Crippen molar-refractivity contribution in [2.24, 2.45) is 50.2 Å². The lowest BCUT2D eigenvalue weighted by molar-refractivity contribution is -0.342. The minimum atomic E-state index is -2.36. The Morgan fingerprint density at radius 2 is 1.62 bits per heavy atom. The Bertz CT molecular complexity index is 1440. The standard InChI is InChI=1S/C41H67NO10/c1-23(45)42-31-26(46)20-41(34(49)50,52-33(31)32(48)27(47)21-43)51-30-12-13-38(6)28(35(30,2)3)11-14-40(8)29(38)10-9-24-25-19-36(4,22-44)15-16-37(25,5)17-18-39(24,40)7/h9,25-33,43-44,46-48H,10-22H2,1-8H3,(H,42,45)(H,49,50)/t25-,26-,27+,28-,29+,30-,31+,32+,33+,36-,37+,38-,39+,40+,41-/m0/s1. The molecule has 1 saturated heterocycles. The van der Waals surface area contributed by atoms with E-state index in [-0.39, 0.29) is 39.6 Å². The van der Waals surface area contributed by atoms with Gasteiger partial charge in [0.05, 0.1) is 24.9 Å². The molecule has 0 radical (unpaired) electrons. The highest BCUT2D eigenvalue weighted by Crippen LogP contribution is 2.76. The third-order valence-electron chi connectivity index (χ3n) is 16.8. The lowest BCUT2D eigenvalue weighted by atomic mass is 9.33. The van der Waals surface area contributed by atoms with Crippen molar-refractivity contribution >= 4 is 11.9 Å². The molecule has 5 aliphatic carbocycles. The summed E-state index contributed by atoms with van der Waals surface area (Å²) >= 11 is 0. The molecule has 15 atom stereocenters. The van der Waals surface area contributed by atoms with E-state index < -0.39 is 72.7 Å². The molecule has 4 saturated carbocycles. The van der Waals surface area contributed by atoms with Crippen LogP contribution in [0.4, 0.5) is 0 Å². The van der Waals surface area contributed by atoms with Crippen LogP contribution in [0.1, 0.15) is 126 Å². The van der Waals surface area contributed by atoms with E-state index in [4.69, 9.17) is 9.47 Å². The summed E-state index contributed by atoms with van der Waals surface area (Å²) in [5.74, 6) is -3.25. The Labute approximate surface area is 309 Å². The van der Waals surface area contributed by atoms with Gasteiger partial charge in [0.25, 0.3) is 5.79 Å². The summed E-state index contributed by atoms with van der Waals surface area (Å²) in [6.07, 6.45) is 5.05. The number of carbonyl (C=O) groups excluding carboxylic acids is 1. The molecular formula is C41H67NO10. The fraction of sp³-hybridized carbons (Fsp3) is 0.902. The van der Waals surface area contributed by atoms with Crippen LogP contribution in [0.15, 0.2) is 11.6 Å². The van der Waals surface area contributed by atoms with Gasteiger partial charge in [0.1, 0.15) is 18.3 Å². The molecule has 11 heteroatoms. The predicted molar refractivity (Wildman–Crippen MR) is 194 cm³/mol. The first-order chi connectivity index (χ1) is 24.1. The van der Waals surface area contributed by atoms with E-state index in [9.17, 15) is 40.2 Å². The van der Waals surface area contributed by atoms with E-state index in [1.165, 1.54) is 19.8 Å². The average molecular weight is 734 g/mol. The smallest absolute Gasteiger partial charge is 0.364 e. The van der Waals surface area contributed by atoms with Gasteiger partial charge in [-0.2, -0.15) is 0 Å². The van der Waals surface area contributed by atoms with Crippen LogP contribution in [0.3, 0.4) is 0 Å². The number of ether oxygens (including phenoxy) is 2. The first-order valence-electron chi connectivity index (χ1n) is 19.9. The largest absolute Gasteiger partial charge is 0.477 e. The predicted octanol–water partition coefficient (Wildman–Crippen LogP) is 4.32. The van der Waals surface area contributed by atoms with Crippen molar-refractivity contribution in [1.29, 1.82) is 0 Å². The number of aliphatic hydroxyl groups is 5. The number of rotatable bonds is 8. The molecule has 0 aromatic carbocycles. The number of carboxylic acids is 1. The third kappa shape index (κ3) is 5.93. The monoisotopic (exact) mass is 733 g/mol. The highest BCUT2D eigenvalue weighted by atomic mass is 16.7. The first-order valence-corrected chi connectivity index (χ1v) is 19.9. The van der Waals surface area contributed by atoms with Crippen LogP contribution in [0, 0.1) is 50.2 Å². The van der Waals surface area contributed by atoms with E-state index in [0.717, 1.165) is 44.9 Å². The second-order valence-electron chi connectivity index (χ2n) is 20.0. The third-order valence-corrected chi connectivity index (χ3v) is 16.8. The Morgan fingerprint density at radius 1 is 0.942 bits per heavy atom. The number of aliphatic carboxylic acids is 1. The summed E-state index contributed by atoms with van der Waals surface area (Å²) in [6, 6.07) is -1.24. The number of aliphatic hydroxyl groups excluding tert-OH is 5. The summed E-state index contributed by atoms with van der Waals surface area (Å²) in [5.41, 5.74) is 1.46. The topological polar surface area (TPSA) is 186 Å². The molecule has 1 heterocycles. The molecule has 0 aromatic rings. The van der Waals surface area contributed by atoms with Crippen LogP contribution in [0.5, 0.6) is 0 Å². The Balaban J connectivity index is 1.29. The number of allylic oxidation sites excluding steroid dienone is 2. The van der Waals surface area contributed by atoms with Crippen molar-refractivity contribution < 1.29 is 49.7 Å². The van der Waals surface area contributed by atoms with Crippen LogP contribution in [-0.2, 0) is 19.1 Å². The molecular weight excluding hydrogens is 666 g/mol. The van der Waals surface area contributed by atoms with Crippen LogP contribution < -0.4 is 5.32 Å². The number of nitrogens with one attached hydrogen (secondary N) is 1. The fourth-order valence-electron chi connectivity index (χ4n) is 13.2. The summed E-state index contributed by atoms with van der Waals surface area (Å²) in [7, 11) is 0. The first kappa shape index (κ1) is 40.1. The summed E-state index contributed by atoms with van der Waals surface area (Å²) in [5, 5.41) is 65.7. The maximum Gasteiger partial charge on any atom is 0.364 e. The molecule has 0 spiro atoms. The zero-order chi connectivity index (χ0) is 38.4. The quantitative estimate of drug-likeness (QED) is 0.140. The Hall–Kier alpha value is -1.60. The van der Waals surface area contributed by atoms with Gasteiger partial charge in [0.15, 0.2) is 0 Å². The lowest BCUT2D eigenvalue weighted by Crippen LogP contribution is -2.69. The molecule has 5 fully saturated rings. The number of amides is 1. The molecule has 6 aliphatic rings. The van der Waals surface area contributed by atoms with Crippen LogP contribution in [0.2, 0.25) is 0 Å². The zero-order valence-electron chi connectivity index (χ0n) is 32.8. The molecule has 0 unspecified atom stereocenters. The molecule has 1 aliphatic heterocycles. The fourth-order valence-corrected chi connectivity index (χ4v) is 13.2. The number of hydrogen-bond donors (Lipinski definition) is 7. The van der Waals surface area contributed by atoms with E-state index in [2.05, 4.69) is 59.9 Å². The van der Waals surface area contributed by atoms with Gasteiger partial charge in [-0.15, -0.1) is 0 Å². The minimum Gasteiger partial charge on any atom is -0.477 e. The van der Waals surface area contributed by atoms with E-state index >= 15 is 0 Å². The van der Waals surface area contributed by atoms with Gasteiger partial charge >= 0.3 is 5.97 Å². The number of carboxylic acid groups (broad SMARTS) is 1. The second-order valence-corrected chi connectivity index (χ2v) is 20.0. The van der Waals surface area contributed by atoms with Crippen molar-refractivity contribution in [3.8, 4) is 0 Å². The molecule has 296 valence electrons. The van der Waals surface area contributed by atoms with Crippen LogP contribution >= 0.6 is 0 Å². The van der Waals surface area contributed by atoms with Gasteiger partial charge < -0.3 is 45.4 Å². The SMILES string of the molecule is CC(=O)N[C@H]1[C@H]([C@H](O)[C@H](O)CO)O[C@](O[C@H]2CC[C@]3(C)[C@H]4CC=C5[C@@H]6C[C@@](C)(CO)CC[C@]6(C)CC[C@@]5(C)[C@]4(C)CC[C@H]3C2(C)C)(C(=O)O)C[C@@H]1O. The number of carbonyl (C=O) groups is 2. The summed E-state index contributed by atoms with van der Waals surface area (Å²) in [4.78, 5) is 25.1. The van der Waals surface area contributed by atoms with Crippen molar-refractivity contribution in [2.75, 3.05) is 13.2 Å². The zero-order valence-corrected chi connectivity index (χ0v) is 32.8. The average Bonchev–Trinajstić information content (AvgIpc) is 3.07. The highest BCUT2D eigenvalue weighted by molar-refractivity contribution is 5.76. The summed E-state index contributed by atoms with van der Waals surface area (Å²) < 4.78 is 12.7. The number of fused-ring (bicyclic) bond motifs is 7. The van der Waals surface area contributed by atoms with Crippen LogP contribution in [-0.4, -0.2) is 98.1 Å². The maximum atomic E-state index is 13.1. The van der Waals surface area contributed by atoms with Crippen molar-refractivity contribution in [3.05, 3.63) is 11.6 Å². The van der Waals surface area contributed by atoms with E-state index in [0.29, 0.717) is 18.3 Å². The lowest BCUT2D eigenvalue weighted by Gasteiger charge is -2.71. The van der Waals surface area contributed by atoms with Gasteiger partial charge in [-0.3, -0.25) is 4.79 Å².